The average molecular weight is 709 g/mol. The normalized spacial score (nSPS) is 23.4. The molecular weight excluding hydrogens is 667 g/mol. The van der Waals surface area contributed by atoms with Gasteiger partial charge in [-0.25, -0.2) is 4.57 Å². The van der Waals surface area contributed by atoms with E-state index in [0.717, 1.165) is 27.8 Å². The summed E-state index contributed by atoms with van der Waals surface area (Å²) in [5.74, 6) is 0. The third kappa shape index (κ3) is 9.67. The second-order valence-electron chi connectivity index (χ2n) is 12.3. The van der Waals surface area contributed by atoms with Crippen molar-refractivity contribution in [2.45, 2.75) is 63.4 Å². The first-order valence-electron chi connectivity index (χ1n) is 17.1. The van der Waals surface area contributed by atoms with Crippen molar-refractivity contribution >= 4 is 7.82 Å². The van der Waals surface area contributed by atoms with Gasteiger partial charge in [-0.15, -0.1) is 0 Å². The van der Waals surface area contributed by atoms with Crippen LogP contribution in [-0.4, -0.2) is 37.3 Å². The summed E-state index contributed by atoms with van der Waals surface area (Å²) < 4.78 is 65.6. The molecular formula is C41H41O9P. The van der Waals surface area contributed by atoms with E-state index in [1.54, 1.807) is 0 Å². The van der Waals surface area contributed by atoms with E-state index in [1.807, 2.05) is 152 Å². The second-order valence-corrected chi connectivity index (χ2v) is 13.9. The Balaban J connectivity index is 1.20. The van der Waals surface area contributed by atoms with E-state index in [2.05, 4.69) is 0 Å². The summed E-state index contributed by atoms with van der Waals surface area (Å²) in [7, 11) is -4.30. The zero-order chi connectivity index (χ0) is 34.7. The molecule has 0 spiro atoms. The monoisotopic (exact) mass is 708 g/mol. The van der Waals surface area contributed by atoms with Crippen molar-refractivity contribution in [2.75, 3.05) is 6.61 Å². The molecule has 2 heterocycles. The van der Waals surface area contributed by atoms with Crippen LogP contribution in [0.2, 0.25) is 0 Å². The van der Waals surface area contributed by atoms with Crippen LogP contribution in [0.4, 0.5) is 0 Å². The van der Waals surface area contributed by atoms with Crippen LogP contribution in [0.1, 0.15) is 34.1 Å². The number of rotatable bonds is 15. The smallest absolute Gasteiger partial charge is 0.368 e. The van der Waals surface area contributed by atoms with Crippen molar-refractivity contribution in [3.8, 4) is 0 Å². The fraction of sp³-hybridized carbons (Fsp3) is 0.268. The molecule has 0 unspecified atom stereocenters. The van der Waals surface area contributed by atoms with Crippen molar-refractivity contribution < 1.29 is 41.8 Å². The fourth-order valence-electron chi connectivity index (χ4n) is 5.99. The average Bonchev–Trinajstić information content (AvgIpc) is 3.20. The molecule has 0 radical (unpaired) electrons. The largest absolute Gasteiger partial charge is 0.477 e. The topological polar surface area (TPSA) is 90.9 Å². The van der Waals surface area contributed by atoms with Gasteiger partial charge in [0.1, 0.15) is 24.4 Å². The van der Waals surface area contributed by atoms with Crippen LogP contribution in [0.25, 0.3) is 0 Å². The zero-order valence-electron chi connectivity index (χ0n) is 28.1. The Morgan fingerprint density at radius 3 is 1.45 bits per heavy atom. The Hall–Kier alpha value is -3.99. The summed E-state index contributed by atoms with van der Waals surface area (Å²) in [4.78, 5) is 0. The Morgan fingerprint density at radius 1 is 0.529 bits per heavy atom. The molecule has 2 fully saturated rings. The van der Waals surface area contributed by atoms with Gasteiger partial charge in [0.15, 0.2) is 12.6 Å². The highest BCUT2D eigenvalue weighted by atomic mass is 31.2. The van der Waals surface area contributed by atoms with Gasteiger partial charge < -0.3 is 23.7 Å². The van der Waals surface area contributed by atoms with Crippen LogP contribution < -0.4 is 0 Å². The maximum atomic E-state index is 14.6. The Morgan fingerprint density at radius 2 is 0.961 bits per heavy atom. The first-order chi connectivity index (χ1) is 25.1. The van der Waals surface area contributed by atoms with Crippen LogP contribution in [-0.2, 0) is 68.2 Å². The Labute approximate surface area is 298 Å². The summed E-state index contributed by atoms with van der Waals surface area (Å²) in [6.07, 6.45) is -4.82. The van der Waals surface area contributed by atoms with Crippen molar-refractivity contribution in [1.82, 2.24) is 0 Å². The molecule has 0 aromatic heterocycles. The van der Waals surface area contributed by atoms with Gasteiger partial charge in [-0.3, -0.25) is 13.6 Å². The molecule has 0 N–H and O–H groups in total. The minimum absolute atomic E-state index is 0.0138. The Bertz CT molecular complexity index is 1750. The first-order valence-corrected chi connectivity index (χ1v) is 18.5. The number of phosphoric acid groups is 1. The number of hydrogen-bond donors (Lipinski definition) is 0. The third-order valence-electron chi connectivity index (χ3n) is 8.62. The van der Waals surface area contributed by atoms with Gasteiger partial charge in [-0.2, -0.15) is 0 Å². The van der Waals surface area contributed by atoms with E-state index in [4.69, 9.17) is 37.3 Å². The second kappa shape index (κ2) is 17.5. The predicted molar refractivity (Wildman–Crippen MR) is 190 cm³/mol. The minimum atomic E-state index is -4.30. The van der Waals surface area contributed by atoms with Gasteiger partial charge in [-0.1, -0.05) is 152 Å². The van der Waals surface area contributed by atoms with E-state index in [-0.39, 0.29) is 33.0 Å². The highest BCUT2D eigenvalue weighted by Gasteiger charge is 2.54. The summed E-state index contributed by atoms with van der Waals surface area (Å²) in [6.45, 7) is 0.608. The number of ether oxygens (including phenoxy) is 5. The number of fused-ring (bicyclic) bond motifs is 1. The van der Waals surface area contributed by atoms with Crippen molar-refractivity contribution in [3.63, 3.8) is 0 Å². The highest BCUT2D eigenvalue weighted by Crippen LogP contribution is 2.54. The lowest BCUT2D eigenvalue weighted by Crippen LogP contribution is -2.63. The van der Waals surface area contributed by atoms with E-state index >= 15 is 0 Å². The number of phosphoric ester groups is 1. The molecule has 0 saturated carbocycles. The maximum Gasteiger partial charge on any atom is 0.477 e. The van der Waals surface area contributed by atoms with Crippen molar-refractivity contribution in [3.05, 3.63) is 179 Å². The molecule has 6 atom stereocenters. The molecule has 0 bridgehead atoms. The zero-order valence-corrected chi connectivity index (χ0v) is 28.9. The summed E-state index contributed by atoms with van der Waals surface area (Å²) in [5.41, 5.74) is 4.37. The van der Waals surface area contributed by atoms with Crippen LogP contribution in [0, 0.1) is 0 Å². The van der Waals surface area contributed by atoms with E-state index in [1.165, 1.54) is 0 Å². The summed E-state index contributed by atoms with van der Waals surface area (Å²) in [6, 6.07) is 48.2. The molecule has 0 amide bonds. The maximum absolute atomic E-state index is 14.6. The van der Waals surface area contributed by atoms with Crippen molar-refractivity contribution in [1.29, 1.82) is 0 Å². The molecule has 9 nitrogen and oxygen atoms in total. The van der Waals surface area contributed by atoms with Gasteiger partial charge in [0.25, 0.3) is 0 Å². The lowest BCUT2D eigenvalue weighted by Gasteiger charge is -2.49. The third-order valence-corrected chi connectivity index (χ3v) is 9.98. The Kier molecular flexibility index (Phi) is 12.1. The molecule has 5 aromatic carbocycles. The van der Waals surface area contributed by atoms with E-state index in [9.17, 15) is 4.57 Å². The molecule has 5 aromatic rings. The molecule has 2 saturated heterocycles. The van der Waals surface area contributed by atoms with Crippen LogP contribution >= 0.6 is 7.82 Å². The molecule has 2 aliphatic rings. The molecule has 264 valence electrons. The molecule has 2 aliphatic heterocycles. The van der Waals surface area contributed by atoms with Gasteiger partial charge in [0.2, 0.25) is 0 Å². The van der Waals surface area contributed by atoms with Crippen molar-refractivity contribution in [2.24, 2.45) is 0 Å². The van der Waals surface area contributed by atoms with E-state index in [0.29, 0.717) is 0 Å². The number of benzene rings is 5. The lowest BCUT2D eigenvalue weighted by molar-refractivity contribution is -0.363. The van der Waals surface area contributed by atoms with Crippen LogP contribution in [0.15, 0.2) is 152 Å². The van der Waals surface area contributed by atoms with Gasteiger partial charge in [-0.05, 0) is 22.3 Å². The molecule has 0 aliphatic carbocycles. The summed E-state index contributed by atoms with van der Waals surface area (Å²) >= 11 is 0. The van der Waals surface area contributed by atoms with Crippen LogP contribution in [0.5, 0.6) is 0 Å². The first kappa shape index (κ1) is 35.4. The predicted octanol–water partition coefficient (Wildman–Crippen LogP) is 8.55. The fourth-order valence-corrected chi connectivity index (χ4v) is 7.23. The van der Waals surface area contributed by atoms with Gasteiger partial charge >= 0.3 is 7.82 Å². The SMILES string of the molecule is O=P(OCc1ccccc1)(OCc1ccccc1)O[C@H]1O[C@@H]2CO[C@@H](c3ccccc3)O[C@H]2[C@H](OCc2ccccc2)[C@@H]1OCc1ccccc1. The number of hydrogen-bond acceptors (Lipinski definition) is 9. The van der Waals surface area contributed by atoms with Gasteiger partial charge in [0.05, 0.1) is 33.0 Å². The quantitative estimate of drug-likeness (QED) is 0.0993. The van der Waals surface area contributed by atoms with Crippen LogP contribution in [0.3, 0.4) is 0 Å². The standard InChI is InChI=1S/C41H41O9P/c42-51(46-28-33-20-10-3-11-21-33,47-29-34-22-12-4-13-23-34)50-41-39(44-27-32-18-8-2-9-19-32)38(43-26-31-16-6-1-7-17-31)37-36(48-41)30-45-40(49-37)35-24-14-5-15-25-35/h1-25,36-41H,26-30H2/t36-,37-,38+,39+,40-,41-/m1/s1. The lowest BCUT2D eigenvalue weighted by atomic mass is 9.97. The van der Waals surface area contributed by atoms with Gasteiger partial charge in [0, 0.05) is 5.56 Å². The highest BCUT2D eigenvalue weighted by molar-refractivity contribution is 7.48. The van der Waals surface area contributed by atoms with E-state index < -0.39 is 44.8 Å². The molecule has 7 rings (SSSR count). The molecule has 10 heteroatoms. The minimum Gasteiger partial charge on any atom is -0.368 e. The molecule has 51 heavy (non-hydrogen) atoms. The summed E-state index contributed by atoms with van der Waals surface area (Å²) in [5, 5.41) is 0.